The molecule has 0 radical (unpaired) electrons. The molecule has 0 aliphatic rings. The van der Waals surface area contributed by atoms with Crippen LogP contribution in [0, 0.1) is 26.2 Å². The van der Waals surface area contributed by atoms with E-state index in [-0.39, 0.29) is 11.4 Å². The minimum atomic E-state index is 0.102. The van der Waals surface area contributed by atoms with Crippen molar-refractivity contribution >= 4 is 28.3 Å². The van der Waals surface area contributed by atoms with Crippen LogP contribution < -0.4 is 5.73 Å². The molecule has 0 amide bonds. The van der Waals surface area contributed by atoms with Crippen molar-refractivity contribution in [3.05, 3.63) is 39.5 Å². The quantitative estimate of drug-likeness (QED) is 0.635. The Hall–Kier alpha value is -2.06. The van der Waals surface area contributed by atoms with E-state index in [0.717, 1.165) is 3.57 Å². The minimum absolute atomic E-state index is 0.102. The molecule has 0 saturated carbocycles. The van der Waals surface area contributed by atoms with E-state index in [1.165, 1.54) is 10.9 Å². The number of nitrogens with two attached hydrogens (primary N) is 1. The molecular formula is C11H6IN5. The van der Waals surface area contributed by atoms with Crippen molar-refractivity contribution in [1.29, 1.82) is 10.5 Å². The Labute approximate surface area is 111 Å². The highest BCUT2D eigenvalue weighted by Crippen LogP contribution is 2.22. The van der Waals surface area contributed by atoms with Gasteiger partial charge in [0, 0.05) is 3.57 Å². The van der Waals surface area contributed by atoms with Crippen LogP contribution in [0.4, 0.5) is 5.69 Å². The van der Waals surface area contributed by atoms with Crippen LogP contribution in [-0.2, 0) is 0 Å². The molecule has 0 aliphatic heterocycles. The normalized spacial score (nSPS) is 9.59. The molecule has 5 nitrogen and oxygen atoms in total. The van der Waals surface area contributed by atoms with Gasteiger partial charge in [-0.1, -0.05) is 0 Å². The monoisotopic (exact) mass is 335 g/mol. The molecule has 0 aliphatic carbocycles. The first-order chi connectivity index (χ1) is 8.17. The Kier molecular flexibility index (Phi) is 2.98. The van der Waals surface area contributed by atoms with Crippen LogP contribution in [0.3, 0.4) is 0 Å². The number of halogens is 1. The topological polar surface area (TPSA) is 91.4 Å². The van der Waals surface area contributed by atoms with Crippen molar-refractivity contribution in [2.24, 2.45) is 0 Å². The maximum atomic E-state index is 9.02. The molecule has 2 N–H and O–H groups in total. The SMILES string of the molecule is N#Cc1ncn(-c2ccc(I)cc2N)c1C#N. The molecule has 0 bridgehead atoms. The number of benzene rings is 1. The number of nitrogen functional groups attached to an aromatic ring is 1. The van der Waals surface area contributed by atoms with Crippen molar-refractivity contribution in [3.63, 3.8) is 0 Å². The van der Waals surface area contributed by atoms with Crippen LogP contribution in [0.2, 0.25) is 0 Å². The van der Waals surface area contributed by atoms with Crippen LogP contribution in [0.15, 0.2) is 24.5 Å². The molecule has 2 rings (SSSR count). The number of imidazole rings is 1. The highest BCUT2D eigenvalue weighted by molar-refractivity contribution is 14.1. The van der Waals surface area contributed by atoms with Crippen LogP contribution in [0.5, 0.6) is 0 Å². The Morgan fingerprint density at radius 2 is 2.06 bits per heavy atom. The van der Waals surface area contributed by atoms with E-state index in [0.29, 0.717) is 11.4 Å². The Bertz CT molecular complexity index is 659. The van der Waals surface area contributed by atoms with Crippen molar-refractivity contribution in [1.82, 2.24) is 9.55 Å². The van der Waals surface area contributed by atoms with E-state index >= 15 is 0 Å². The lowest BCUT2D eigenvalue weighted by atomic mass is 10.2. The minimum Gasteiger partial charge on any atom is -0.397 e. The number of aromatic nitrogens is 2. The molecule has 0 fully saturated rings. The molecule has 2 aromatic rings. The molecule has 1 aromatic heterocycles. The van der Waals surface area contributed by atoms with Crippen molar-refractivity contribution in [3.8, 4) is 17.8 Å². The number of rotatable bonds is 1. The zero-order valence-corrected chi connectivity index (χ0v) is 10.7. The van der Waals surface area contributed by atoms with Gasteiger partial charge in [0.25, 0.3) is 0 Å². The number of nitriles is 2. The van der Waals surface area contributed by atoms with Crippen LogP contribution in [0.25, 0.3) is 5.69 Å². The second-order valence-corrected chi connectivity index (χ2v) is 4.48. The highest BCUT2D eigenvalue weighted by atomic mass is 127. The maximum absolute atomic E-state index is 9.02. The molecule has 0 unspecified atom stereocenters. The first kappa shape index (κ1) is 11.4. The van der Waals surface area contributed by atoms with Gasteiger partial charge in [-0.3, -0.25) is 4.57 Å². The van der Waals surface area contributed by atoms with Crippen molar-refractivity contribution in [2.45, 2.75) is 0 Å². The van der Waals surface area contributed by atoms with E-state index in [1.54, 1.807) is 12.1 Å². The smallest absolute Gasteiger partial charge is 0.177 e. The summed E-state index contributed by atoms with van der Waals surface area (Å²) in [6.45, 7) is 0. The van der Waals surface area contributed by atoms with Gasteiger partial charge in [-0.15, -0.1) is 0 Å². The maximum Gasteiger partial charge on any atom is 0.177 e. The third-order valence-corrected chi connectivity index (χ3v) is 2.90. The summed E-state index contributed by atoms with van der Waals surface area (Å²) >= 11 is 2.15. The summed E-state index contributed by atoms with van der Waals surface area (Å²) in [7, 11) is 0. The van der Waals surface area contributed by atoms with Gasteiger partial charge in [0.15, 0.2) is 11.4 Å². The molecule has 0 atom stereocenters. The molecule has 17 heavy (non-hydrogen) atoms. The van der Waals surface area contributed by atoms with Gasteiger partial charge in [0.1, 0.15) is 18.5 Å². The lowest BCUT2D eigenvalue weighted by molar-refractivity contribution is 1.04. The van der Waals surface area contributed by atoms with Gasteiger partial charge in [0.2, 0.25) is 0 Å². The zero-order chi connectivity index (χ0) is 12.4. The highest BCUT2D eigenvalue weighted by Gasteiger charge is 2.13. The molecule has 1 aromatic carbocycles. The van der Waals surface area contributed by atoms with Gasteiger partial charge in [-0.05, 0) is 40.8 Å². The number of nitrogens with zero attached hydrogens (tertiary/aromatic N) is 4. The average Bonchev–Trinajstić information content (AvgIpc) is 2.71. The van der Waals surface area contributed by atoms with Crippen molar-refractivity contribution in [2.75, 3.05) is 5.73 Å². The summed E-state index contributed by atoms with van der Waals surface area (Å²) in [5.74, 6) is 0. The zero-order valence-electron chi connectivity index (χ0n) is 8.55. The second-order valence-electron chi connectivity index (χ2n) is 3.24. The molecule has 6 heteroatoms. The molecule has 1 heterocycles. The Morgan fingerprint density at radius 3 is 2.65 bits per heavy atom. The van der Waals surface area contributed by atoms with E-state index in [1.807, 2.05) is 18.2 Å². The molecule has 0 saturated heterocycles. The summed E-state index contributed by atoms with van der Waals surface area (Å²) in [5.41, 5.74) is 7.37. The van der Waals surface area contributed by atoms with E-state index in [4.69, 9.17) is 16.3 Å². The fourth-order valence-electron chi connectivity index (χ4n) is 1.46. The summed E-state index contributed by atoms with van der Waals surface area (Å²) in [6.07, 6.45) is 1.43. The second kappa shape index (κ2) is 4.44. The lowest BCUT2D eigenvalue weighted by Gasteiger charge is -2.07. The molecular weight excluding hydrogens is 329 g/mol. The summed E-state index contributed by atoms with van der Waals surface area (Å²) in [6, 6.07) is 9.29. The predicted octanol–water partition coefficient (Wildman–Crippen LogP) is 1.80. The molecule has 0 spiro atoms. The van der Waals surface area contributed by atoms with Gasteiger partial charge < -0.3 is 5.73 Å². The van der Waals surface area contributed by atoms with E-state index < -0.39 is 0 Å². The Balaban J connectivity index is 2.66. The molecule has 82 valence electrons. The fraction of sp³-hybridized carbons (Fsp3) is 0. The van der Waals surface area contributed by atoms with Crippen LogP contribution in [-0.4, -0.2) is 9.55 Å². The van der Waals surface area contributed by atoms with Gasteiger partial charge in [-0.25, -0.2) is 4.98 Å². The largest absolute Gasteiger partial charge is 0.397 e. The first-order valence-electron chi connectivity index (χ1n) is 4.60. The average molecular weight is 335 g/mol. The standard InChI is InChI=1S/C11H6IN5/c12-7-1-2-10(8(15)3-7)17-6-16-9(4-13)11(17)5-14/h1-3,6H,15H2. The van der Waals surface area contributed by atoms with Crippen molar-refractivity contribution < 1.29 is 0 Å². The van der Waals surface area contributed by atoms with Gasteiger partial charge >= 0.3 is 0 Å². The first-order valence-corrected chi connectivity index (χ1v) is 5.68. The fourth-order valence-corrected chi connectivity index (χ4v) is 1.98. The van der Waals surface area contributed by atoms with E-state index in [9.17, 15) is 0 Å². The van der Waals surface area contributed by atoms with Gasteiger partial charge in [-0.2, -0.15) is 10.5 Å². The number of hydrogen-bond acceptors (Lipinski definition) is 4. The van der Waals surface area contributed by atoms with Crippen LogP contribution in [0.1, 0.15) is 11.4 Å². The van der Waals surface area contributed by atoms with E-state index in [2.05, 4.69) is 27.6 Å². The third kappa shape index (κ3) is 1.95. The summed E-state index contributed by atoms with van der Waals surface area (Å²) < 4.78 is 2.52. The third-order valence-electron chi connectivity index (χ3n) is 2.23. The number of anilines is 1. The predicted molar refractivity (Wildman–Crippen MR) is 70.1 cm³/mol. The van der Waals surface area contributed by atoms with Gasteiger partial charge in [0.05, 0.1) is 11.4 Å². The number of hydrogen-bond donors (Lipinski definition) is 1. The summed E-state index contributed by atoms with van der Waals surface area (Å²) in [5, 5.41) is 17.8. The Morgan fingerprint density at radius 1 is 1.29 bits per heavy atom. The summed E-state index contributed by atoms with van der Waals surface area (Å²) in [4.78, 5) is 3.87. The van der Waals surface area contributed by atoms with Crippen LogP contribution >= 0.6 is 22.6 Å². The lowest BCUT2D eigenvalue weighted by Crippen LogP contribution is -2.01.